The zero-order chi connectivity index (χ0) is 8.55. The molecule has 0 saturated heterocycles. The Balaban J connectivity index is 0.000000845. The number of halogens is 2. The molecular formula is C9H9Cl2NO2. The first-order valence-corrected chi connectivity index (χ1v) is 3.56. The standard InChI is InChI=1S/C9H7NO2.2ClH/c10-9(11)8-5-6-3-1-2-4-7(6)12-8;;/h1-5H,(H2,10,11);2*1H. The van der Waals surface area contributed by atoms with Crippen molar-refractivity contribution in [3.05, 3.63) is 36.1 Å². The molecule has 2 aromatic rings. The van der Waals surface area contributed by atoms with Crippen LogP contribution in [-0.4, -0.2) is 5.91 Å². The van der Waals surface area contributed by atoms with Crippen LogP contribution in [0.25, 0.3) is 11.0 Å². The van der Waals surface area contributed by atoms with E-state index in [9.17, 15) is 4.79 Å². The number of fused-ring (bicyclic) bond motifs is 1. The van der Waals surface area contributed by atoms with Gasteiger partial charge in [0.25, 0.3) is 5.91 Å². The molecule has 14 heavy (non-hydrogen) atoms. The van der Waals surface area contributed by atoms with E-state index >= 15 is 0 Å². The molecule has 1 aromatic carbocycles. The highest BCUT2D eigenvalue weighted by molar-refractivity contribution is 5.94. The van der Waals surface area contributed by atoms with Gasteiger partial charge in [0.05, 0.1) is 0 Å². The van der Waals surface area contributed by atoms with E-state index in [2.05, 4.69) is 0 Å². The normalized spacial score (nSPS) is 8.86. The molecule has 0 atom stereocenters. The van der Waals surface area contributed by atoms with Gasteiger partial charge in [0.15, 0.2) is 5.76 Å². The number of carbonyl (C=O) groups excluding carboxylic acids is 1. The third kappa shape index (κ3) is 2.19. The quantitative estimate of drug-likeness (QED) is 0.823. The van der Waals surface area contributed by atoms with Crippen molar-refractivity contribution in [3.63, 3.8) is 0 Å². The number of rotatable bonds is 1. The minimum atomic E-state index is -0.536. The highest BCUT2D eigenvalue weighted by atomic mass is 35.5. The van der Waals surface area contributed by atoms with Crippen LogP contribution in [0.15, 0.2) is 34.7 Å². The van der Waals surface area contributed by atoms with Gasteiger partial charge in [0, 0.05) is 5.39 Å². The molecule has 3 nitrogen and oxygen atoms in total. The average molecular weight is 234 g/mol. The van der Waals surface area contributed by atoms with E-state index in [0.29, 0.717) is 5.58 Å². The topological polar surface area (TPSA) is 56.2 Å². The molecule has 0 saturated carbocycles. The van der Waals surface area contributed by atoms with Crippen molar-refractivity contribution >= 4 is 41.7 Å². The molecule has 0 bridgehead atoms. The first kappa shape index (κ1) is 12.8. The number of benzene rings is 1. The third-order valence-corrected chi connectivity index (χ3v) is 1.67. The lowest BCUT2D eigenvalue weighted by molar-refractivity contribution is 0.0976. The van der Waals surface area contributed by atoms with E-state index in [1.54, 1.807) is 12.1 Å². The zero-order valence-corrected chi connectivity index (χ0v) is 8.73. The van der Waals surface area contributed by atoms with E-state index in [0.717, 1.165) is 5.39 Å². The number of hydrogen-bond donors (Lipinski definition) is 1. The Hall–Kier alpha value is -1.19. The minimum absolute atomic E-state index is 0. The summed E-state index contributed by atoms with van der Waals surface area (Å²) >= 11 is 0. The fourth-order valence-corrected chi connectivity index (χ4v) is 1.10. The average Bonchev–Trinajstić information content (AvgIpc) is 2.46. The van der Waals surface area contributed by atoms with Crippen LogP contribution in [0.1, 0.15) is 10.6 Å². The van der Waals surface area contributed by atoms with Gasteiger partial charge in [0.1, 0.15) is 5.58 Å². The number of furan rings is 1. The predicted octanol–water partition coefficient (Wildman–Crippen LogP) is 2.38. The molecule has 2 N–H and O–H groups in total. The van der Waals surface area contributed by atoms with Crippen LogP contribution in [0, 0.1) is 0 Å². The summed E-state index contributed by atoms with van der Waals surface area (Å²) in [5, 5.41) is 0.895. The van der Waals surface area contributed by atoms with Gasteiger partial charge in [0.2, 0.25) is 0 Å². The Labute approximate surface area is 93.1 Å². The Morgan fingerprint density at radius 3 is 2.43 bits per heavy atom. The summed E-state index contributed by atoms with van der Waals surface area (Å²) in [6.07, 6.45) is 0. The molecule has 1 heterocycles. The van der Waals surface area contributed by atoms with E-state index in [4.69, 9.17) is 10.2 Å². The highest BCUT2D eigenvalue weighted by Crippen LogP contribution is 2.17. The molecule has 0 aliphatic heterocycles. The fourth-order valence-electron chi connectivity index (χ4n) is 1.10. The van der Waals surface area contributed by atoms with Crippen molar-refractivity contribution in [3.8, 4) is 0 Å². The summed E-state index contributed by atoms with van der Waals surface area (Å²) in [6, 6.07) is 9.02. The van der Waals surface area contributed by atoms with Gasteiger partial charge in [-0.3, -0.25) is 4.79 Å². The van der Waals surface area contributed by atoms with Crippen LogP contribution < -0.4 is 5.73 Å². The van der Waals surface area contributed by atoms with Gasteiger partial charge in [-0.15, -0.1) is 24.8 Å². The molecule has 0 radical (unpaired) electrons. The number of primary amides is 1. The second-order valence-corrected chi connectivity index (χ2v) is 2.51. The summed E-state index contributed by atoms with van der Waals surface area (Å²) in [4.78, 5) is 10.7. The van der Waals surface area contributed by atoms with E-state index < -0.39 is 5.91 Å². The molecule has 76 valence electrons. The largest absolute Gasteiger partial charge is 0.451 e. The second-order valence-electron chi connectivity index (χ2n) is 2.51. The lowest BCUT2D eigenvalue weighted by atomic mass is 10.2. The SMILES string of the molecule is Cl.Cl.NC(=O)c1cc2ccccc2o1. The maximum Gasteiger partial charge on any atom is 0.284 e. The van der Waals surface area contributed by atoms with E-state index in [-0.39, 0.29) is 30.6 Å². The molecule has 0 spiro atoms. The Kier molecular flexibility index (Phi) is 4.47. The van der Waals surface area contributed by atoms with Crippen molar-refractivity contribution in [1.82, 2.24) is 0 Å². The Morgan fingerprint density at radius 1 is 1.21 bits per heavy atom. The molecule has 0 aliphatic rings. The smallest absolute Gasteiger partial charge is 0.284 e. The van der Waals surface area contributed by atoms with Gasteiger partial charge in [-0.2, -0.15) is 0 Å². The van der Waals surface area contributed by atoms with Gasteiger partial charge in [-0.25, -0.2) is 0 Å². The number of para-hydroxylation sites is 1. The van der Waals surface area contributed by atoms with Crippen molar-refractivity contribution in [2.24, 2.45) is 5.73 Å². The van der Waals surface area contributed by atoms with Crippen LogP contribution in [0.3, 0.4) is 0 Å². The van der Waals surface area contributed by atoms with Crippen LogP contribution in [0.5, 0.6) is 0 Å². The molecule has 5 heteroatoms. The molecular weight excluding hydrogens is 225 g/mol. The van der Waals surface area contributed by atoms with E-state index in [1.807, 2.05) is 18.2 Å². The van der Waals surface area contributed by atoms with Crippen LogP contribution >= 0.6 is 24.8 Å². The molecule has 0 fully saturated rings. The van der Waals surface area contributed by atoms with Gasteiger partial charge >= 0.3 is 0 Å². The summed E-state index contributed by atoms with van der Waals surface area (Å²) in [6.45, 7) is 0. The summed E-state index contributed by atoms with van der Waals surface area (Å²) in [5.41, 5.74) is 5.73. The zero-order valence-electron chi connectivity index (χ0n) is 7.10. The van der Waals surface area contributed by atoms with Crippen molar-refractivity contribution in [1.29, 1.82) is 0 Å². The van der Waals surface area contributed by atoms with Gasteiger partial charge in [-0.1, -0.05) is 18.2 Å². The van der Waals surface area contributed by atoms with E-state index in [1.165, 1.54) is 0 Å². The highest BCUT2D eigenvalue weighted by Gasteiger charge is 2.06. The molecule has 0 aliphatic carbocycles. The Bertz CT molecular complexity index is 406. The van der Waals surface area contributed by atoms with Crippen molar-refractivity contribution in [2.75, 3.05) is 0 Å². The summed E-state index contributed by atoms with van der Waals surface area (Å²) < 4.78 is 5.15. The first-order chi connectivity index (χ1) is 5.77. The predicted molar refractivity (Wildman–Crippen MR) is 59.2 cm³/mol. The Morgan fingerprint density at radius 2 is 1.86 bits per heavy atom. The third-order valence-electron chi connectivity index (χ3n) is 1.67. The maximum absolute atomic E-state index is 10.7. The first-order valence-electron chi connectivity index (χ1n) is 3.56. The maximum atomic E-state index is 10.7. The van der Waals surface area contributed by atoms with Crippen molar-refractivity contribution < 1.29 is 9.21 Å². The van der Waals surface area contributed by atoms with Gasteiger partial charge in [-0.05, 0) is 12.1 Å². The molecule has 1 aromatic heterocycles. The monoisotopic (exact) mass is 233 g/mol. The molecule has 0 unspecified atom stereocenters. The number of nitrogens with two attached hydrogens (primary N) is 1. The lowest BCUT2D eigenvalue weighted by Gasteiger charge is -1.83. The number of carbonyl (C=O) groups is 1. The summed E-state index contributed by atoms with van der Waals surface area (Å²) in [7, 11) is 0. The minimum Gasteiger partial charge on any atom is -0.451 e. The molecule has 2 rings (SSSR count). The number of amides is 1. The number of hydrogen-bond acceptors (Lipinski definition) is 2. The lowest BCUT2D eigenvalue weighted by Crippen LogP contribution is -2.08. The van der Waals surface area contributed by atoms with Gasteiger partial charge < -0.3 is 10.2 Å². The second kappa shape index (κ2) is 4.88. The summed E-state index contributed by atoms with van der Waals surface area (Å²) in [5.74, 6) is -0.331. The van der Waals surface area contributed by atoms with Crippen LogP contribution in [0.2, 0.25) is 0 Å². The van der Waals surface area contributed by atoms with Crippen LogP contribution in [-0.2, 0) is 0 Å². The molecule has 1 amide bonds. The van der Waals surface area contributed by atoms with Crippen molar-refractivity contribution in [2.45, 2.75) is 0 Å². The fraction of sp³-hybridized carbons (Fsp3) is 0. The van der Waals surface area contributed by atoms with Crippen LogP contribution in [0.4, 0.5) is 0 Å².